The smallest absolute Gasteiger partial charge is 0.339 e. The molecule has 0 aliphatic heterocycles. The van der Waals surface area contributed by atoms with E-state index in [1.807, 2.05) is 4.72 Å². The molecule has 0 amide bonds. The van der Waals surface area contributed by atoms with Gasteiger partial charge in [-0.05, 0) is 23.4 Å². The van der Waals surface area contributed by atoms with Crippen LogP contribution in [0.1, 0.15) is 10.4 Å². The Morgan fingerprint density at radius 2 is 2.20 bits per heavy atom. The zero-order chi connectivity index (χ0) is 14.8. The summed E-state index contributed by atoms with van der Waals surface area (Å²) in [4.78, 5) is 11.0. The van der Waals surface area contributed by atoms with Gasteiger partial charge in [0.15, 0.2) is 0 Å². The van der Waals surface area contributed by atoms with Crippen LogP contribution in [0.4, 0.5) is 9.52 Å². The second-order valence-corrected chi connectivity index (χ2v) is 5.79. The molecule has 0 unspecified atom stereocenters. The van der Waals surface area contributed by atoms with Crippen molar-refractivity contribution in [1.29, 1.82) is 0 Å². The minimum atomic E-state index is -4.21. The van der Waals surface area contributed by atoms with Crippen LogP contribution in [0, 0.1) is 5.82 Å². The van der Waals surface area contributed by atoms with Crippen LogP contribution in [-0.4, -0.2) is 36.3 Å². The van der Waals surface area contributed by atoms with Crippen molar-refractivity contribution in [3.05, 3.63) is 29.6 Å². The van der Waals surface area contributed by atoms with Crippen molar-refractivity contribution in [2.75, 3.05) is 11.8 Å². The van der Waals surface area contributed by atoms with E-state index in [-0.39, 0.29) is 10.7 Å². The van der Waals surface area contributed by atoms with Crippen LogP contribution in [0.15, 0.2) is 23.1 Å². The molecule has 2 aromatic rings. The predicted octanol–water partition coefficient (Wildman–Crippen LogP) is 0.660. The lowest BCUT2D eigenvalue weighted by Gasteiger charge is -2.09. The largest absolute Gasteiger partial charge is 0.465 e. The summed E-state index contributed by atoms with van der Waals surface area (Å²) >= 11 is 0.696. The molecule has 0 spiro atoms. The van der Waals surface area contributed by atoms with Gasteiger partial charge in [-0.25, -0.2) is 17.6 Å². The fraction of sp³-hybridized carbons (Fsp3) is 0.111. The predicted molar refractivity (Wildman–Crippen MR) is 66.3 cm³/mol. The first-order valence-corrected chi connectivity index (χ1v) is 7.25. The molecule has 1 aromatic heterocycles. The van der Waals surface area contributed by atoms with Gasteiger partial charge in [-0.15, -0.1) is 0 Å². The summed E-state index contributed by atoms with van der Waals surface area (Å²) in [6.45, 7) is 0. The van der Waals surface area contributed by atoms with Gasteiger partial charge in [0, 0.05) is 11.5 Å². The highest BCUT2D eigenvalue weighted by Crippen LogP contribution is 2.21. The molecule has 0 saturated carbocycles. The monoisotopic (exact) mass is 318 g/mol. The van der Waals surface area contributed by atoms with Crippen molar-refractivity contribution in [2.24, 2.45) is 0 Å². The Hall–Kier alpha value is -2.14. The van der Waals surface area contributed by atoms with Crippen molar-refractivity contribution in [3.8, 4) is 0 Å². The molecule has 0 atom stereocenters. The van der Waals surface area contributed by atoms with Gasteiger partial charge in [0.1, 0.15) is 10.7 Å². The van der Waals surface area contributed by atoms with E-state index in [4.69, 9.17) is 0 Å². The number of nitrogens with zero attached hydrogens (tertiary/aromatic N) is 3. The Morgan fingerprint density at radius 1 is 1.45 bits per heavy atom. The highest BCUT2D eigenvalue weighted by Gasteiger charge is 2.25. The summed E-state index contributed by atoms with van der Waals surface area (Å²) in [6.07, 6.45) is 0. The molecule has 0 saturated heterocycles. The van der Waals surface area contributed by atoms with Gasteiger partial charge in [0.2, 0.25) is 5.13 Å². The molecule has 106 valence electrons. The summed E-state index contributed by atoms with van der Waals surface area (Å²) < 4.78 is 47.4. The normalized spacial score (nSPS) is 11.1. The van der Waals surface area contributed by atoms with Gasteiger partial charge in [-0.1, -0.05) is 9.59 Å². The van der Waals surface area contributed by atoms with Gasteiger partial charge >= 0.3 is 5.97 Å². The average Bonchev–Trinajstić information content (AvgIpc) is 2.90. The molecule has 0 radical (unpaired) electrons. The first-order chi connectivity index (χ1) is 9.44. The van der Waals surface area contributed by atoms with E-state index in [0.717, 1.165) is 19.2 Å². The number of ether oxygens (including phenoxy) is 1. The van der Waals surface area contributed by atoms with E-state index in [1.165, 1.54) is 0 Å². The third-order valence-electron chi connectivity index (χ3n) is 2.16. The summed E-state index contributed by atoms with van der Waals surface area (Å²) in [5.41, 5.74) is -0.293. The third-order valence-corrected chi connectivity index (χ3v) is 4.18. The lowest BCUT2D eigenvalue weighted by Crippen LogP contribution is -2.18. The molecule has 0 bridgehead atoms. The highest BCUT2D eigenvalue weighted by atomic mass is 32.2. The number of sulfonamides is 1. The Kier molecular flexibility index (Phi) is 3.90. The van der Waals surface area contributed by atoms with Crippen molar-refractivity contribution < 1.29 is 22.3 Å². The third kappa shape index (κ3) is 2.88. The summed E-state index contributed by atoms with van der Waals surface area (Å²) in [5, 5.41) is 6.51. The molecule has 1 aromatic carbocycles. The molecular formula is C9H7FN4O4S2. The molecule has 20 heavy (non-hydrogen) atoms. The van der Waals surface area contributed by atoms with E-state index in [2.05, 4.69) is 19.5 Å². The summed E-state index contributed by atoms with van der Waals surface area (Å²) in [5.74, 6) is -1.71. The number of methoxy groups -OCH3 is 1. The highest BCUT2D eigenvalue weighted by molar-refractivity contribution is 7.93. The molecular weight excluding hydrogens is 311 g/mol. The number of nitrogens with one attached hydrogen (secondary N) is 1. The topological polar surface area (TPSA) is 111 Å². The number of anilines is 1. The number of carbonyl (C=O) groups excluding carboxylic acids is 1. The Labute approximate surface area is 116 Å². The first kappa shape index (κ1) is 14.3. The standard InChI is InChI=1S/C9H7FN4O4S2/c1-18-8(15)6-3-2-5(10)4-7(6)20(16,17)12-9-11-13-14-19-9/h2-4H,1H3,(H,11,12,14). The zero-order valence-electron chi connectivity index (χ0n) is 9.90. The van der Waals surface area contributed by atoms with Gasteiger partial charge in [0.25, 0.3) is 10.0 Å². The maximum atomic E-state index is 13.2. The molecule has 1 N–H and O–H groups in total. The maximum absolute atomic E-state index is 13.2. The number of rotatable bonds is 4. The molecule has 1 heterocycles. The second-order valence-electron chi connectivity index (χ2n) is 3.41. The molecule has 11 heteroatoms. The molecule has 8 nitrogen and oxygen atoms in total. The zero-order valence-corrected chi connectivity index (χ0v) is 11.5. The van der Waals surface area contributed by atoms with Crippen molar-refractivity contribution >= 4 is 32.7 Å². The van der Waals surface area contributed by atoms with Gasteiger partial charge in [-0.2, -0.15) is 0 Å². The maximum Gasteiger partial charge on any atom is 0.339 e. The van der Waals surface area contributed by atoms with E-state index in [0.29, 0.717) is 17.6 Å². The van der Waals surface area contributed by atoms with Crippen LogP contribution in [-0.2, 0) is 14.8 Å². The molecule has 0 aliphatic rings. The molecule has 0 aliphatic carbocycles. The van der Waals surface area contributed by atoms with Crippen molar-refractivity contribution in [3.63, 3.8) is 0 Å². The number of hydrogen-bond acceptors (Lipinski definition) is 8. The van der Waals surface area contributed by atoms with Crippen molar-refractivity contribution in [1.82, 2.24) is 14.8 Å². The van der Waals surface area contributed by atoms with Crippen LogP contribution in [0.2, 0.25) is 0 Å². The van der Waals surface area contributed by atoms with Crippen LogP contribution in [0.5, 0.6) is 0 Å². The number of carbonyl (C=O) groups is 1. The van der Waals surface area contributed by atoms with Crippen LogP contribution < -0.4 is 4.72 Å². The second kappa shape index (κ2) is 5.46. The Balaban J connectivity index is 2.50. The summed E-state index contributed by atoms with van der Waals surface area (Å²) in [7, 11) is -3.13. The first-order valence-electron chi connectivity index (χ1n) is 5.00. The fourth-order valence-electron chi connectivity index (χ4n) is 1.34. The van der Waals surface area contributed by atoms with E-state index in [9.17, 15) is 17.6 Å². The van der Waals surface area contributed by atoms with Gasteiger partial charge in [-0.3, -0.25) is 4.72 Å². The number of halogens is 1. The van der Waals surface area contributed by atoms with Crippen LogP contribution in [0.25, 0.3) is 0 Å². The number of esters is 1. The lowest BCUT2D eigenvalue weighted by atomic mass is 10.2. The van der Waals surface area contributed by atoms with E-state index < -0.39 is 26.7 Å². The minimum Gasteiger partial charge on any atom is -0.465 e. The Morgan fingerprint density at radius 3 is 2.80 bits per heavy atom. The number of hydrogen-bond donors (Lipinski definition) is 1. The minimum absolute atomic E-state index is 0.106. The van der Waals surface area contributed by atoms with E-state index >= 15 is 0 Å². The van der Waals surface area contributed by atoms with Crippen LogP contribution in [0.3, 0.4) is 0 Å². The number of benzene rings is 1. The van der Waals surface area contributed by atoms with Gasteiger partial charge in [0.05, 0.1) is 12.7 Å². The van der Waals surface area contributed by atoms with Gasteiger partial charge < -0.3 is 4.74 Å². The molecule has 0 fully saturated rings. The quantitative estimate of drug-likeness (QED) is 0.824. The SMILES string of the molecule is COC(=O)c1ccc(F)cc1S(=O)(=O)Nc1nnns1. The average molecular weight is 318 g/mol. The fourth-order valence-corrected chi connectivity index (χ4v) is 3.13. The Bertz CT molecular complexity index is 732. The summed E-state index contributed by atoms with van der Waals surface area (Å²) in [6, 6.07) is 2.69. The lowest BCUT2D eigenvalue weighted by molar-refractivity contribution is 0.0596. The number of aromatic nitrogens is 3. The van der Waals surface area contributed by atoms with Crippen molar-refractivity contribution in [2.45, 2.75) is 4.90 Å². The van der Waals surface area contributed by atoms with Crippen LogP contribution >= 0.6 is 11.5 Å². The molecule has 2 rings (SSSR count). The van der Waals surface area contributed by atoms with E-state index in [1.54, 1.807) is 0 Å².